The molecule has 6 atom stereocenters. The molecule has 2 aliphatic carbocycles. The number of rotatable bonds is 14. The van der Waals surface area contributed by atoms with Crippen LogP contribution in [0.5, 0.6) is 5.75 Å². The van der Waals surface area contributed by atoms with Crippen molar-refractivity contribution in [2.75, 3.05) is 18.9 Å². The van der Waals surface area contributed by atoms with Gasteiger partial charge in [0.25, 0.3) is 0 Å². The molecule has 2 fully saturated rings. The Morgan fingerprint density at radius 3 is 2.65 bits per heavy atom. The second-order valence-corrected chi connectivity index (χ2v) is 16.5. The molecule has 2 aliphatic rings. The number of hydrogen-bond acceptors (Lipinski definition) is 7. The van der Waals surface area contributed by atoms with Gasteiger partial charge in [-0.05, 0) is 118 Å². The van der Waals surface area contributed by atoms with Crippen molar-refractivity contribution in [3.05, 3.63) is 57.8 Å². The second-order valence-electron chi connectivity index (χ2n) is 14.3. The first-order valence-electron chi connectivity index (χ1n) is 18.0. The van der Waals surface area contributed by atoms with Crippen molar-refractivity contribution in [3.8, 4) is 27.3 Å². The fraction of sp³-hybridized carbons (Fsp3) is 0.550. The van der Waals surface area contributed by atoms with Crippen LogP contribution in [0.2, 0.25) is 0 Å². The fourth-order valence-electron chi connectivity index (χ4n) is 8.35. The number of Topliss-reactive ketones (excluding diaryl/α,β-unsaturated/α-hetero) is 1. The maximum Gasteiger partial charge on any atom is 0.188 e. The molecule has 0 saturated heterocycles. The summed E-state index contributed by atoms with van der Waals surface area (Å²) in [7, 11) is 1.70. The van der Waals surface area contributed by atoms with Crippen molar-refractivity contribution < 1.29 is 15.0 Å². The van der Waals surface area contributed by atoms with Gasteiger partial charge in [-0.3, -0.25) is 9.79 Å². The van der Waals surface area contributed by atoms with E-state index in [2.05, 4.69) is 58.7 Å². The summed E-state index contributed by atoms with van der Waals surface area (Å²) in [6, 6.07) is 13.9. The average molecular weight is 703 g/mol. The summed E-state index contributed by atoms with van der Waals surface area (Å²) in [5.74, 6) is 8.00. The van der Waals surface area contributed by atoms with Crippen molar-refractivity contribution >= 4 is 40.1 Å². The number of nitrogens with zero attached hydrogens (tertiary/aromatic N) is 1. The number of benzene rings is 1. The number of phenols is 1. The zero-order chi connectivity index (χ0) is 35.0. The van der Waals surface area contributed by atoms with Crippen LogP contribution < -0.4 is 16.4 Å². The van der Waals surface area contributed by atoms with Gasteiger partial charge in [0.1, 0.15) is 5.75 Å². The van der Waals surface area contributed by atoms with E-state index in [9.17, 15) is 15.0 Å². The van der Waals surface area contributed by atoms with E-state index in [-0.39, 0.29) is 29.0 Å². The van der Waals surface area contributed by atoms with Crippen LogP contribution in [0.25, 0.3) is 9.75 Å². The van der Waals surface area contributed by atoms with E-state index in [1.54, 1.807) is 42.7 Å². The van der Waals surface area contributed by atoms with Gasteiger partial charge < -0.3 is 26.6 Å². The van der Waals surface area contributed by atoms with Gasteiger partial charge in [-0.1, -0.05) is 38.5 Å². The number of carbonyl (C=O) groups excluding carboxylic acids is 1. The maximum absolute atomic E-state index is 14.5. The van der Waals surface area contributed by atoms with E-state index in [4.69, 9.17) is 5.73 Å². The fourth-order valence-corrected chi connectivity index (χ4v) is 10.3. The molecular formula is C40H54N4O3S2. The molecule has 2 saturated carbocycles. The second kappa shape index (κ2) is 17.1. The smallest absolute Gasteiger partial charge is 0.188 e. The lowest BCUT2D eigenvalue weighted by molar-refractivity contribution is 0.0387. The molecule has 3 aromatic rings. The van der Waals surface area contributed by atoms with Crippen LogP contribution in [0.3, 0.4) is 0 Å². The van der Waals surface area contributed by atoms with Gasteiger partial charge in [0.2, 0.25) is 0 Å². The molecule has 0 unspecified atom stereocenters. The maximum atomic E-state index is 14.5. The van der Waals surface area contributed by atoms with Gasteiger partial charge in [-0.2, -0.15) is 0 Å². The average Bonchev–Trinajstić information content (AvgIpc) is 3.84. The van der Waals surface area contributed by atoms with E-state index in [0.29, 0.717) is 30.6 Å². The van der Waals surface area contributed by atoms with Gasteiger partial charge >= 0.3 is 0 Å². The number of aliphatic hydroxyl groups excluding tert-OH is 1. The number of carbonyl (C=O) groups is 1. The lowest BCUT2D eigenvalue weighted by Gasteiger charge is -2.47. The molecule has 0 amide bonds. The third kappa shape index (κ3) is 9.48. The van der Waals surface area contributed by atoms with Gasteiger partial charge in [-0.25, -0.2) is 0 Å². The van der Waals surface area contributed by atoms with Crippen molar-refractivity contribution in [3.63, 3.8) is 0 Å². The predicted molar refractivity (Wildman–Crippen MR) is 206 cm³/mol. The highest BCUT2D eigenvalue weighted by Crippen LogP contribution is 2.58. The third-order valence-corrected chi connectivity index (χ3v) is 12.9. The molecule has 0 aliphatic heterocycles. The Kier molecular flexibility index (Phi) is 12.9. The summed E-state index contributed by atoms with van der Waals surface area (Å²) in [5, 5.41) is 27.1. The van der Waals surface area contributed by atoms with Crippen molar-refractivity contribution in [2.45, 2.75) is 104 Å². The molecule has 5 rings (SSSR count). The molecule has 7 nitrogen and oxygen atoms in total. The normalized spacial score (nSPS) is 23.5. The highest BCUT2D eigenvalue weighted by Gasteiger charge is 2.52. The molecule has 1 aromatic carbocycles. The standard InChI is InChI=1S/C40H54N4O3S2/c1-5-7-8-10-27-17-18-40(23-27)24-29(34(44-39(41)42-4)21-28-19-30(22-31(46)20-28)43-25-26(3)45)11-13-33(40)38(47)37-16-15-36(49-37)35-14-12-32(48-35)9-6-2/h12,14-16,19-20,22,26-27,29,33-34,43,45-46H,5,7-8,10-11,13,17-18,21,23-25H2,1-4H3,(H3,41,42,44)/t26-,27-,29-,33-,34-,40-/m0/s1. The summed E-state index contributed by atoms with van der Waals surface area (Å²) < 4.78 is 0. The number of unbranched alkanes of at least 4 members (excludes halogenated alkanes) is 2. The number of aromatic hydroxyl groups is 1. The number of aliphatic hydroxyl groups is 1. The number of nitrogens with two attached hydrogens (primary N) is 1. The molecule has 2 heterocycles. The Hall–Kier alpha value is -3.32. The van der Waals surface area contributed by atoms with E-state index >= 15 is 0 Å². The van der Waals surface area contributed by atoms with Crippen LogP contribution in [-0.2, 0) is 6.42 Å². The van der Waals surface area contributed by atoms with Crippen LogP contribution >= 0.6 is 22.7 Å². The Morgan fingerprint density at radius 2 is 1.90 bits per heavy atom. The van der Waals surface area contributed by atoms with Crippen LogP contribution in [0.1, 0.15) is 105 Å². The Balaban J connectivity index is 1.40. The third-order valence-electron chi connectivity index (χ3n) is 10.6. The molecule has 6 N–H and O–H groups in total. The number of ketones is 1. The molecular weight excluding hydrogens is 649 g/mol. The summed E-state index contributed by atoms with van der Waals surface area (Å²) in [6.45, 7) is 6.25. The Labute approximate surface area is 300 Å². The van der Waals surface area contributed by atoms with E-state index in [1.165, 1.54) is 32.1 Å². The largest absolute Gasteiger partial charge is 0.508 e. The van der Waals surface area contributed by atoms with Crippen molar-refractivity contribution in [1.82, 2.24) is 5.32 Å². The Morgan fingerprint density at radius 1 is 1.10 bits per heavy atom. The number of aliphatic imine (C=N–C) groups is 1. The van der Waals surface area contributed by atoms with Gasteiger partial charge in [0.05, 0.1) is 15.9 Å². The zero-order valence-electron chi connectivity index (χ0n) is 29.6. The van der Waals surface area contributed by atoms with Crippen molar-refractivity contribution in [2.24, 2.45) is 33.9 Å². The summed E-state index contributed by atoms with van der Waals surface area (Å²) in [5.41, 5.74) is 8.03. The molecule has 1 spiro atoms. The van der Waals surface area contributed by atoms with E-state index in [1.807, 2.05) is 19.1 Å². The van der Waals surface area contributed by atoms with Gasteiger partial charge in [0.15, 0.2) is 11.7 Å². The molecule has 0 radical (unpaired) electrons. The lowest BCUT2D eigenvalue weighted by atomic mass is 9.58. The van der Waals surface area contributed by atoms with Crippen LogP contribution in [-0.4, -0.2) is 47.7 Å². The topological polar surface area (TPSA) is 120 Å². The Bertz CT molecular complexity index is 1650. The molecule has 264 valence electrons. The number of phenolic OH excluding ortho intramolecular Hbond substituents is 1. The number of guanidine groups is 1. The molecule has 2 aromatic heterocycles. The van der Waals surface area contributed by atoms with Gasteiger partial charge in [0, 0.05) is 47.1 Å². The molecule has 49 heavy (non-hydrogen) atoms. The van der Waals surface area contributed by atoms with Crippen LogP contribution in [0.15, 0.2) is 47.5 Å². The summed E-state index contributed by atoms with van der Waals surface area (Å²) in [6.07, 6.45) is 11.3. The van der Waals surface area contributed by atoms with Crippen LogP contribution in [0.4, 0.5) is 5.69 Å². The lowest BCUT2D eigenvalue weighted by Crippen LogP contribution is -2.50. The first-order valence-corrected chi connectivity index (χ1v) is 19.7. The predicted octanol–water partition coefficient (Wildman–Crippen LogP) is 8.46. The number of hydrogen-bond donors (Lipinski definition) is 5. The number of anilines is 1. The quantitative estimate of drug-likeness (QED) is 0.0378. The number of thiophene rings is 2. The SMILES string of the molecule is CC#Cc1ccc(-c2ccc(C(=O)[C@@H]3CC[C@H]([C@H](Cc4cc(O)cc(NC[C@H](C)O)c4)NC(N)=NC)C[C@@]34CC[C@H](CCCCC)C4)s2)s1. The van der Waals surface area contributed by atoms with E-state index in [0.717, 1.165) is 62.9 Å². The highest BCUT2D eigenvalue weighted by molar-refractivity contribution is 7.23. The number of nitrogens with one attached hydrogen (secondary N) is 2. The zero-order valence-corrected chi connectivity index (χ0v) is 31.2. The highest BCUT2D eigenvalue weighted by atomic mass is 32.1. The minimum atomic E-state index is -0.503. The monoisotopic (exact) mass is 702 g/mol. The van der Waals surface area contributed by atoms with E-state index < -0.39 is 6.10 Å². The summed E-state index contributed by atoms with van der Waals surface area (Å²) >= 11 is 3.31. The van der Waals surface area contributed by atoms with Crippen LogP contribution in [0, 0.1) is 35.0 Å². The van der Waals surface area contributed by atoms with Crippen molar-refractivity contribution in [1.29, 1.82) is 0 Å². The molecule has 0 bridgehead atoms. The minimum absolute atomic E-state index is 0.00484. The minimum Gasteiger partial charge on any atom is -0.508 e. The first-order chi connectivity index (χ1) is 23.6. The first kappa shape index (κ1) is 36.9. The summed E-state index contributed by atoms with van der Waals surface area (Å²) in [4.78, 5) is 23.0. The molecule has 9 heteroatoms. The van der Waals surface area contributed by atoms with Gasteiger partial charge in [-0.15, -0.1) is 28.6 Å².